The molecule has 0 rings (SSSR count). The van der Waals surface area contributed by atoms with Crippen molar-refractivity contribution >= 4 is 15.2 Å². The van der Waals surface area contributed by atoms with E-state index in [-0.39, 0.29) is 6.54 Å². The van der Waals surface area contributed by atoms with E-state index in [1.54, 1.807) is 11.9 Å². The Labute approximate surface area is 105 Å². The number of halogens is 1. The van der Waals surface area contributed by atoms with Gasteiger partial charge in [0.1, 0.15) is 0 Å². The van der Waals surface area contributed by atoms with Gasteiger partial charge in [-0.3, -0.25) is 9.13 Å². The van der Waals surface area contributed by atoms with Crippen LogP contribution in [0.25, 0.3) is 0 Å². The Morgan fingerprint density at radius 2 is 1.56 bits per heavy atom. The highest BCUT2D eigenvalue weighted by Crippen LogP contribution is 2.71. The lowest BCUT2D eigenvalue weighted by atomic mass is 10.3. The normalized spacial score (nSPS) is 14.2. The molecule has 0 saturated heterocycles. The summed E-state index contributed by atoms with van der Waals surface area (Å²) in [6.07, 6.45) is 0.783. The number of unbranched alkanes of at least 4 members (excludes halogenated alkanes) is 1. The molecule has 110 valence electrons. The number of hydrogen-bond acceptors (Lipinski definition) is 3. The number of nitrogens with zero attached hydrogens (tertiary/aromatic N) is 1. The zero-order valence-corrected chi connectivity index (χ0v) is 12.1. The molecule has 0 radical (unpaired) electrons. The van der Waals surface area contributed by atoms with Crippen molar-refractivity contribution in [3.05, 3.63) is 0 Å². The molecule has 0 amide bonds. The summed E-state index contributed by atoms with van der Waals surface area (Å²) in [5.41, 5.74) is 0. The van der Waals surface area contributed by atoms with Crippen molar-refractivity contribution < 1.29 is 33.1 Å². The fourth-order valence-electron chi connectivity index (χ4n) is 1.33. The standard InChI is InChI=1S/C8H20FNO6P2/c1-3-4-6-10(2)7-5-8(9,17(11,12)13)18(14,15)16/h3-7H2,1-2H3,(H2,11,12,13)(H2,14,15,16). The summed E-state index contributed by atoms with van der Waals surface area (Å²) in [7, 11) is -9.50. The Morgan fingerprint density at radius 3 is 1.89 bits per heavy atom. The Hall–Kier alpha value is 0.190. The van der Waals surface area contributed by atoms with Crippen molar-refractivity contribution in [3.63, 3.8) is 0 Å². The molecule has 7 nitrogen and oxygen atoms in total. The molecule has 0 aliphatic carbocycles. The van der Waals surface area contributed by atoms with E-state index >= 15 is 0 Å². The molecule has 0 aromatic carbocycles. The van der Waals surface area contributed by atoms with Gasteiger partial charge in [-0.25, -0.2) is 4.39 Å². The van der Waals surface area contributed by atoms with Gasteiger partial charge < -0.3 is 24.5 Å². The van der Waals surface area contributed by atoms with Crippen molar-refractivity contribution in [3.8, 4) is 0 Å². The third-order valence-electron chi connectivity index (χ3n) is 2.60. The summed E-state index contributed by atoms with van der Waals surface area (Å²) < 4.78 is 35.8. The highest BCUT2D eigenvalue weighted by atomic mass is 31.2. The van der Waals surface area contributed by atoms with E-state index in [1.165, 1.54) is 0 Å². The molecule has 0 atom stereocenters. The fraction of sp³-hybridized carbons (Fsp3) is 1.00. The minimum atomic E-state index is -5.55. The first-order chi connectivity index (χ1) is 7.95. The Bertz CT molecular complexity index is 331. The van der Waals surface area contributed by atoms with Crippen LogP contribution in [0.3, 0.4) is 0 Å². The van der Waals surface area contributed by atoms with Gasteiger partial charge in [0.25, 0.3) is 0 Å². The minimum absolute atomic E-state index is 0.146. The van der Waals surface area contributed by atoms with Crippen LogP contribution in [0, 0.1) is 0 Å². The van der Waals surface area contributed by atoms with E-state index in [4.69, 9.17) is 19.6 Å². The molecule has 0 unspecified atom stereocenters. The molecule has 0 aliphatic heterocycles. The van der Waals surface area contributed by atoms with Gasteiger partial charge >= 0.3 is 20.3 Å². The van der Waals surface area contributed by atoms with E-state index in [1.807, 2.05) is 6.92 Å². The monoisotopic (exact) mass is 307 g/mol. The van der Waals surface area contributed by atoms with Crippen molar-refractivity contribution in [1.29, 1.82) is 0 Å². The smallest absolute Gasteiger partial charge is 0.322 e. The van der Waals surface area contributed by atoms with Gasteiger partial charge in [-0.1, -0.05) is 13.3 Å². The second kappa shape index (κ2) is 6.57. The predicted octanol–water partition coefficient (Wildman–Crippen LogP) is 1.09. The lowest BCUT2D eigenvalue weighted by Crippen LogP contribution is -2.30. The van der Waals surface area contributed by atoms with Crippen LogP contribution in [0.5, 0.6) is 0 Å². The second-order valence-corrected chi connectivity index (χ2v) is 8.16. The highest BCUT2D eigenvalue weighted by molar-refractivity contribution is 7.72. The summed E-state index contributed by atoms with van der Waals surface area (Å²) >= 11 is 0. The number of rotatable bonds is 8. The molecule has 0 aliphatic rings. The zero-order chi connectivity index (χ0) is 14.6. The number of alkyl halides is 1. The maximum absolute atomic E-state index is 13.9. The largest absolute Gasteiger partial charge is 0.375 e. The van der Waals surface area contributed by atoms with Gasteiger partial charge in [-0.05, 0) is 20.0 Å². The lowest BCUT2D eigenvalue weighted by molar-refractivity contribution is 0.193. The molecule has 10 heteroatoms. The van der Waals surface area contributed by atoms with Crippen LogP contribution in [-0.2, 0) is 9.13 Å². The molecule has 0 spiro atoms. The van der Waals surface area contributed by atoms with Crippen LogP contribution >= 0.6 is 15.2 Å². The maximum Gasteiger partial charge on any atom is 0.375 e. The van der Waals surface area contributed by atoms with E-state index in [2.05, 4.69) is 0 Å². The van der Waals surface area contributed by atoms with Gasteiger partial charge in [-0.2, -0.15) is 0 Å². The van der Waals surface area contributed by atoms with Crippen LogP contribution in [-0.4, -0.2) is 49.8 Å². The summed E-state index contributed by atoms with van der Waals surface area (Å²) in [6, 6.07) is 0. The quantitative estimate of drug-likeness (QED) is 0.496. The zero-order valence-electron chi connectivity index (χ0n) is 10.4. The average Bonchev–Trinajstić information content (AvgIpc) is 2.19. The SMILES string of the molecule is CCCCN(C)CCC(F)(P(=O)(O)O)P(=O)(O)O. The van der Waals surface area contributed by atoms with E-state index in [9.17, 15) is 13.5 Å². The molecule has 0 bridgehead atoms. The summed E-state index contributed by atoms with van der Waals surface area (Å²) in [5, 5.41) is -3.81. The second-order valence-electron chi connectivity index (χ2n) is 4.21. The van der Waals surface area contributed by atoms with Crippen LogP contribution < -0.4 is 0 Å². The first-order valence-electron chi connectivity index (χ1n) is 5.44. The summed E-state index contributed by atoms with van der Waals surface area (Å²) in [6.45, 7) is 2.36. The van der Waals surface area contributed by atoms with E-state index in [0.717, 1.165) is 12.8 Å². The molecule has 0 aromatic heterocycles. The van der Waals surface area contributed by atoms with Crippen LogP contribution in [0.4, 0.5) is 4.39 Å². The molecule has 0 saturated carbocycles. The molecule has 0 heterocycles. The van der Waals surface area contributed by atoms with Crippen LogP contribution in [0.1, 0.15) is 26.2 Å². The van der Waals surface area contributed by atoms with Gasteiger partial charge in [0.15, 0.2) is 0 Å². The molecular formula is C8H20FNO6P2. The van der Waals surface area contributed by atoms with E-state index in [0.29, 0.717) is 6.54 Å². The van der Waals surface area contributed by atoms with Crippen molar-refractivity contribution in [2.24, 2.45) is 0 Å². The molecule has 4 N–H and O–H groups in total. The average molecular weight is 307 g/mol. The van der Waals surface area contributed by atoms with Crippen molar-refractivity contribution in [1.82, 2.24) is 4.90 Å². The number of hydrogen-bond donors (Lipinski definition) is 4. The van der Waals surface area contributed by atoms with E-state index < -0.39 is 26.8 Å². The first kappa shape index (κ1) is 18.2. The highest BCUT2D eigenvalue weighted by Gasteiger charge is 2.61. The van der Waals surface area contributed by atoms with Crippen molar-refractivity contribution in [2.75, 3.05) is 20.1 Å². The minimum Gasteiger partial charge on any atom is -0.322 e. The van der Waals surface area contributed by atoms with Gasteiger partial charge in [0.05, 0.1) is 0 Å². The fourth-order valence-corrected chi connectivity index (χ4v) is 3.47. The third kappa shape index (κ3) is 4.70. The third-order valence-corrected chi connectivity index (χ3v) is 6.39. The van der Waals surface area contributed by atoms with Crippen LogP contribution in [0.15, 0.2) is 0 Å². The molecule has 18 heavy (non-hydrogen) atoms. The predicted molar refractivity (Wildman–Crippen MR) is 64.9 cm³/mol. The molecule has 0 aromatic rings. The van der Waals surface area contributed by atoms with Gasteiger partial charge in [-0.15, -0.1) is 0 Å². The maximum atomic E-state index is 13.9. The Morgan fingerprint density at radius 1 is 1.11 bits per heavy atom. The van der Waals surface area contributed by atoms with Crippen LogP contribution in [0.2, 0.25) is 0 Å². The van der Waals surface area contributed by atoms with Gasteiger partial charge in [0.2, 0.25) is 0 Å². The lowest BCUT2D eigenvalue weighted by Gasteiger charge is -2.28. The van der Waals surface area contributed by atoms with Gasteiger partial charge in [0, 0.05) is 13.0 Å². The van der Waals surface area contributed by atoms with Crippen molar-refractivity contribution in [2.45, 2.75) is 31.3 Å². The first-order valence-corrected chi connectivity index (χ1v) is 8.67. The Balaban J connectivity index is 4.76. The molecular weight excluding hydrogens is 287 g/mol. The topological polar surface area (TPSA) is 118 Å². The Kier molecular flexibility index (Phi) is 6.64. The molecule has 0 fully saturated rings. The summed E-state index contributed by atoms with van der Waals surface area (Å²) in [4.78, 5) is 36.7. The summed E-state index contributed by atoms with van der Waals surface area (Å²) in [5.74, 6) is 0.